The summed E-state index contributed by atoms with van der Waals surface area (Å²) >= 11 is 0. The van der Waals surface area contributed by atoms with Crippen LogP contribution in [-0.2, 0) is 4.79 Å². The number of carbonyl (C=O) groups excluding carboxylic acids is 1. The molecule has 0 saturated heterocycles. The van der Waals surface area contributed by atoms with Crippen molar-refractivity contribution in [3.05, 3.63) is 0 Å². The first kappa shape index (κ1) is 16.1. The van der Waals surface area contributed by atoms with E-state index in [1.807, 2.05) is 0 Å². The molecule has 5 heteroatoms. The second-order valence-corrected chi connectivity index (χ2v) is 7.43. The molecule has 0 aliphatic heterocycles. The van der Waals surface area contributed by atoms with Gasteiger partial charge in [0.2, 0.25) is 0 Å². The number of carboxylic acids is 1. The lowest BCUT2D eigenvalue weighted by atomic mass is 9.76. The van der Waals surface area contributed by atoms with Crippen LogP contribution in [0.15, 0.2) is 0 Å². The Hall–Kier alpha value is -1.26. The summed E-state index contributed by atoms with van der Waals surface area (Å²) in [5.74, 6) is -0.937. The van der Waals surface area contributed by atoms with Gasteiger partial charge in [0.05, 0.1) is 5.92 Å². The van der Waals surface area contributed by atoms with Gasteiger partial charge in [-0.15, -0.1) is 0 Å². The molecule has 2 unspecified atom stereocenters. The summed E-state index contributed by atoms with van der Waals surface area (Å²) in [7, 11) is 0. The summed E-state index contributed by atoms with van der Waals surface area (Å²) in [6.07, 6.45) is 6.92. The Morgan fingerprint density at radius 2 is 1.81 bits per heavy atom. The summed E-state index contributed by atoms with van der Waals surface area (Å²) in [5, 5.41) is 15.0. The van der Waals surface area contributed by atoms with Gasteiger partial charge in [-0.25, -0.2) is 4.79 Å². The molecule has 0 aromatic heterocycles. The zero-order chi connectivity index (χ0) is 15.5. The third-order valence-corrected chi connectivity index (χ3v) is 5.18. The van der Waals surface area contributed by atoms with E-state index in [1.165, 1.54) is 0 Å². The summed E-state index contributed by atoms with van der Waals surface area (Å²) in [5.41, 5.74) is 0.396. The van der Waals surface area contributed by atoms with Crippen molar-refractivity contribution in [1.29, 1.82) is 0 Å². The highest BCUT2D eigenvalue weighted by molar-refractivity contribution is 5.74. The van der Waals surface area contributed by atoms with Crippen LogP contribution in [0.3, 0.4) is 0 Å². The van der Waals surface area contributed by atoms with Crippen LogP contribution in [0.2, 0.25) is 0 Å². The van der Waals surface area contributed by atoms with Gasteiger partial charge >= 0.3 is 12.0 Å². The molecular weight excluding hydrogens is 268 g/mol. The van der Waals surface area contributed by atoms with Gasteiger partial charge in [-0.3, -0.25) is 4.79 Å². The molecule has 0 heterocycles. The third kappa shape index (κ3) is 4.61. The van der Waals surface area contributed by atoms with Gasteiger partial charge in [-0.1, -0.05) is 20.3 Å². The smallest absolute Gasteiger partial charge is 0.315 e. The lowest BCUT2D eigenvalue weighted by Crippen LogP contribution is -2.46. The van der Waals surface area contributed by atoms with E-state index in [-0.39, 0.29) is 23.9 Å². The fraction of sp³-hybridized carbons (Fsp3) is 0.875. The van der Waals surface area contributed by atoms with Crippen molar-refractivity contribution in [3.8, 4) is 0 Å². The van der Waals surface area contributed by atoms with Crippen molar-refractivity contribution in [2.45, 2.75) is 64.8 Å². The molecule has 21 heavy (non-hydrogen) atoms. The van der Waals surface area contributed by atoms with Crippen molar-refractivity contribution in [2.24, 2.45) is 17.3 Å². The number of aliphatic carboxylic acids is 1. The Labute approximate surface area is 126 Å². The molecule has 2 aliphatic rings. The summed E-state index contributed by atoms with van der Waals surface area (Å²) < 4.78 is 0. The van der Waals surface area contributed by atoms with Crippen LogP contribution < -0.4 is 10.6 Å². The normalized spacial score (nSPS) is 29.0. The highest BCUT2D eigenvalue weighted by atomic mass is 16.4. The zero-order valence-electron chi connectivity index (χ0n) is 13.2. The highest BCUT2D eigenvalue weighted by Crippen LogP contribution is 2.35. The number of nitrogens with one attached hydrogen (secondary N) is 2. The van der Waals surface area contributed by atoms with E-state index in [0.29, 0.717) is 12.0 Å². The molecule has 0 aromatic rings. The van der Waals surface area contributed by atoms with Gasteiger partial charge in [0.25, 0.3) is 0 Å². The summed E-state index contributed by atoms with van der Waals surface area (Å²) in [6.45, 7) is 5.02. The Bertz CT molecular complexity index is 385. The van der Waals surface area contributed by atoms with E-state index in [9.17, 15) is 9.59 Å². The molecule has 5 nitrogen and oxygen atoms in total. The van der Waals surface area contributed by atoms with Gasteiger partial charge in [0.15, 0.2) is 0 Å². The average Bonchev–Trinajstić information content (AvgIpc) is 2.87. The first-order chi connectivity index (χ1) is 9.87. The highest BCUT2D eigenvalue weighted by Gasteiger charge is 2.33. The second-order valence-electron chi connectivity index (χ2n) is 7.43. The zero-order valence-corrected chi connectivity index (χ0v) is 13.2. The molecule has 0 aromatic carbocycles. The van der Waals surface area contributed by atoms with Gasteiger partial charge in [0.1, 0.15) is 0 Å². The first-order valence-corrected chi connectivity index (χ1v) is 8.14. The van der Waals surface area contributed by atoms with E-state index in [2.05, 4.69) is 24.5 Å². The molecule has 2 amide bonds. The van der Waals surface area contributed by atoms with Gasteiger partial charge in [-0.2, -0.15) is 0 Å². The van der Waals surface area contributed by atoms with Crippen LogP contribution in [0.5, 0.6) is 0 Å². The minimum Gasteiger partial charge on any atom is -0.481 e. The van der Waals surface area contributed by atoms with Crippen LogP contribution in [0.25, 0.3) is 0 Å². The SMILES string of the molecule is CC1(C)CCC(NC(=O)NCC2CCCC2C(=O)O)CC1. The molecule has 0 radical (unpaired) electrons. The largest absolute Gasteiger partial charge is 0.481 e. The topological polar surface area (TPSA) is 78.4 Å². The maximum absolute atomic E-state index is 11.9. The van der Waals surface area contributed by atoms with Crippen LogP contribution >= 0.6 is 0 Å². The molecule has 0 spiro atoms. The molecule has 2 saturated carbocycles. The standard InChI is InChI=1S/C16H28N2O3/c1-16(2)8-6-12(7-9-16)18-15(21)17-10-11-4-3-5-13(11)14(19)20/h11-13H,3-10H2,1-2H3,(H,19,20)(H2,17,18,21). The number of carboxylic acid groups (broad SMARTS) is 1. The van der Waals surface area contributed by atoms with E-state index in [1.54, 1.807) is 0 Å². The number of amides is 2. The average molecular weight is 296 g/mol. The maximum Gasteiger partial charge on any atom is 0.315 e. The van der Waals surface area contributed by atoms with Crippen LogP contribution in [0.4, 0.5) is 4.79 Å². The number of carbonyl (C=O) groups is 2. The Balaban J connectivity index is 1.69. The lowest BCUT2D eigenvalue weighted by Gasteiger charge is -2.34. The number of hydrogen-bond acceptors (Lipinski definition) is 2. The van der Waals surface area contributed by atoms with Crippen LogP contribution in [-0.4, -0.2) is 29.7 Å². The molecule has 2 aliphatic carbocycles. The molecular formula is C16H28N2O3. The molecule has 120 valence electrons. The van der Waals surface area contributed by atoms with Gasteiger partial charge in [0, 0.05) is 12.6 Å². The molecule has 0 bridgehead atoms. The second kappa shape index (κ2) is 6.67. The Kier molecular flexibility index (Phi) is 5.12. The minimum atomic E-state index is -0.728. The summed E-state index contributed by atoms with van der Waals surface area (Å²) in [4.78, 5) is 23.0. The predicted octanol–water partition coefficient (Wildman–Crippen LogP) is 2.76. The van der Waals surface area contributed by atoms with Crippen molar-refractivity contribution < 1.29 is 14.7 Å². The van der Waals surface area contributed by atoms with Crippen LogP contribution in [0, 0.1) is 17.3 Å². The molecule has 2 rings (SSSR count). The van der Waals surface area contributed by atoms with Gasteiger partial charge < -0.3 is 15.7 Å². The monoisotopic (exact) mass is 296 g/mol. The molecule has 3 N–H and O–H groups in total. The summed E-state index contributed by atoms with van der Waals surface area (Å²) in [6, 6.07) is 0.118. The lowest BCUT2D eigenvalue weighted by molar-refractivity contribution is -0.142. The minimum absolute atomic E-state index is 0.0820. The van der Waals surface area contributed by atoms with Crippen molar-refractivity contribution in [2.75, 3.05) is 6.54 Å². The molecule has 2 fully saturated rings. The van der Waals surface area contributed by atoms with E-state index in [4.69, 9.17) is 5.11 Å². The first-order valence-electron chi connectivity index (χ1n) is 8.14. The number of hydrogen-bond donors (Lipinski definition) is 3. The Morgan fingerprint density at radius 3 is 2.43 bits per heavy atom. The fourth-order valence-corrected chi connectivity index (χ4v) is 3.61. The number of rotatable bonds is 4. The van der Waals surface area contributed by atoms with E-state index in [0.717, 1.165) is 44.9 Å². The van der Waals surface area contributed by atoms with Crippen molar-refractivity contribution in [1.82, 2.24) is 10.6 Å². The quantitative estimate of drug-likeness (QED) is 0.746. The molecule has 2 atom stereocenters. The van der Waals surface area contributed by atoms with Crippen molar-refractivity contribution in [3.63, 3.8) is 0 Å². The van der Waals surface area contributed by atoms with Crippen LogP contribution in [0.1, 0.15) is 58.8 Å². The van der Waals surface area contributed by atoms with Gasteiger partial charge in [-0.05, 0) is 49.9 Å². The maximum atomic E-state index is 11.9. The third-order valence-electron chi connectivity index (χ3n) is 5.18. The van der Waals surface area contributed by atoms with E-state index < -0.39 is 5.97 Å². The fourth-order valence-electron chi connectivity index (χ4n) is 3.61. The van der Waals surface area contributed by atoms with E-state index >= 15 is 0 Å². The van der Waals surface area contributed by atoms with Crippen molar-refractivity contribution >= 4 is 12.0 Å². The Morgan fingerprint density at radius 1 is 1.14 bits per heavy atom. The predicted molar refractivity (Wildman–Crippen MR) is 81.0 cm³/mol. The number of urea groups is 1.